The lowest BCUT2D eigenvalue weighted by molar-refractivity contribution is -0.139. The van der Waals surface area contributed by atoms with Gasteiger partial charge in [0, 0.05) is 6.54 Å². The molecule has 1 unspecified atom stereocenters. The van der Waals surface area contributed by atoms with E-state index >= 15 is 0 Å². The van der Waals surface area contributed by atoms with Crippen LogP contribution in [-0.2, 0) is 15.2 Å². The number of benzene rings is 1. The van der Waals surface area contributed by atoms with Gasteiger partial charge in [-0.25, -0.2) is 0 Å². The molecule has 2 aliphatic rings. The molecule has 0 saturated carbocycles. The van der Waals surface area contributed by atoms with Crippen LogP contribution < -0.4 is 20.1 Å². The maximum atomic E-state index is 12.0. The number of ether oxygens (including phenoxy) is 2. The summed E-state index contributed by atoms with van der Waals surface area (Å²) in [4.78, 5) is 23.9. The number of fused-ring (bicyclic) bond motifs is 1. The predicted octanol–water partition coefficient (Wildman–Crippen LogP) is 1.75. The smallest absolute Gasteiger partial charge is 0.309 e. The van der Waals surface area contributed by atoms with Crippen molar-refractivity contribution in [3.8, 4) is 11.5 Å². The van der Waals surface area contributed by atoms with Crippen LogP contribution in [0.2, 0.25) is 0 Å². The predicted molar refractivity (Wildman–Crippen MR) is 99.3 cm³/mol. The molecule has 146 valence electrons. The van der Waals surface area contributed by atoms with Crippen molar-refractivity contribution in [3.05, 3.63) is 35.4 Å². The number of carbonyl (C=O) groups is 2. The van der Waals surface area contributed by atoms with E-state index in [1.165, 1.54) is 18.4 Å². The summed E-state index contributed by atoms with van der Waals surface area (Å²) in [5, 5.41) is 15.8. The highest BCUT2D eigenvalue weighted by Crippen LogP contribution is 2.35. The third kappa shape index (κ3) is 5.01. The van der Waals surface area contributed by atoms with Gasteiger partial charge in [-0.3, -0.25) is 9.59 Å². The van der Waals surface area contributed by atoms with Gasteiger partial charge in [-0.05, 0) is 56.7 Å². The first-order chi connectivity index (χ1) is 13.0. The monoisotopic (exact) mass is 374 g/mol. The third-order valence-electron chi connectivity index (χ3n) is 4.91. The molecule has 7 heteroatoms. The normalized spacial score (nSPS) is 17.6. The van der Waals surface area contributed by atoms with E-state index < -0.39 is 17.4 Å². The molecule has 1 atom stereocenters. The van der Waals surface area contributed by atoms with Gasteiger partial charge in [0.05, 0.1) is 6.54 Å². The number of allylic oxidation sites excluding steroid dienone is 1. The van der Waals surface area contributed by atoms with E-state index in [1.807, 2.05) is 0 Å². The third-order valence-corrected chi connectivity index (χ3v) is 4.91. The second kappa shape index (κ2) is 8.43. The Kier molecular flexibility index (Phi) is 6.01. The minimum Gasteiger partial charge on any atom is -0.454 e. The van der Waals surface area contributed by atoms with Gasteiger partial charge < -0.3 is 25.2 Å². The lowest BCUT2D eigenvalue weighted by Crippen LogP contribution is -2.45. The molecule has 1 aliphatic carbocycles. The van der Waals surface area contributed by atoms with Crippen molar-refractivity contribution in [2.45, 2.75) is 44.6 Å². The molecule has 1 aliphatic heterocycles. The summed E-state index contributed by atoms with van der Waals surface area (Å²) in [7, 11) is 0. The molecule has 0 fully saturated rings. The minimum atomic E-state index is -1.34. The van der Waals surface area contributed by atoms with Gasteiger partial charge in [0.2, 0.25) is 6.79 Å². The molecule has 27 heavy (non-hydrogen) atoms. The van der Waals surface area contributed by atoms with Gasteiger partial charge in [-0.2, -0.15) is 0 Å². The quantitative estimate of drug-likeness (QED) is 0.521. The van der Waals surface area contributed by atoms with Gasteiger partial charge in [-0.1, -0.05) is 17.7 Å². The first-order valence-electron chi connectivity index (χ1n) is 9.32. The van der Waals surface area contributed by atoms with E-state index in [9.17, 15) is 14.7 Å². The molecule has 1 aromatic rings. The average molecular weight is 374 g/mol. The Bertz CT molecular complexity index is 742. The van der Waals surface area contributed by atoms with Crippen molar-refractivity contribution in [2.24, 2.45) is 0 Å². The molecule has 0 aromatic heterocycles. The molecular weight excluding hydrogens is 348 g/mol. The molecule has 1 heterocycles. The lowest BCUT2D eigenvalue weighted by atomic mass is 9.95. The first kappa shape index (κ1) is 19.2. The minimum absolute atomic E-state index is 0.0932. The molecule has 0 radical (unpaired) electrons. The van der Waals surface area contributed by atoms with Crippen LogP contribution in [0.5, 0.6) is 11.5 Å². The zero-order valence-electron chi connectivity index (χ0n) is 15.5. The average Bonchev–Trinajstić information content (AvgIpc) is 3.14. The maximum absolute atomic E-state index is 12.0. The summed E-state index contributed by atoms with van der Waals surface area (Å²) in [5.41, 5.74) is 0.563. The van der Waals surface area contributed by atoms with Crippen LogP contribution >= 0.6 is 0 Å². The second-order valence-electron chi connectivity index (χ2n) is 7.14. The number of carbonyl (C=O) groups excluding carboxylic acids is 2. The highest BCUT2D eigenvalue weighted by atomic mass is 16.7. The molecule has 3 N–H and O–H groups in total. The number of rotatable bonds is 6. The van der Waals surface area contributed by atoms with Crippen LogP contribution in [0.25, 0.3) is 0 Å². The second-order valence-corrected chi connectivity index (χ2v) is 7.14. The zero-order chi connectivity index (χ0) is 19.3. The van der Waals surface area contributed by atoms with Gasteiger partial charge >= 0.3 is 11.8 Å². The summed E-state index contributed by atoms with van der Waals surface area (Å²) in [5.74, 6) is -0.276. The van der Waals surface area contributed by atoms with Gasteiger partial charge in [0.25, 0.3) is 0 Å². The van der Waals surface area contributed by atoms with Crippen molar-refractivity contribution in [2.75, 3.05) is 19.9 Å². The Morgan fingerprint density at radius 2 is 1.93 bits per heavy atom. The highest BCUT2D eigenvalue weighted by molar-refractivity contribution is 6.35. The van der Waals surface area contributed by atoms with Gasteiger partial charge in [0.1, 0.15) is 5.60 Å². The summed E-state index contributed by atoms with van der Waals surface area (Å²) in [6, 6.07) is 5.09. The lowest BCUT2D eigenvalue weighted by Gasteiger charge is -2.24. The van der Waals surface area contributed by atoms with Crippen molar-refractivity contribution >= 4 is 11.8 Å². The van der Waals surface area contributed by atoms with Crippen LogP contribution in [-0.4, -0.2) is 36.8 Å². The number of hydrogen-bond donors (Lipinski definition) is 3. The molecule has 0 saturated heterocycles. The number of amides is 2. The number of hydrogen-bond acceptors (Lipinski definition) is 5. The van der Waals surface area contributed by atoms with Crippen LogP contribution in [0.4, 0.5) is 0 Å². The molecular formula is C20H26N2O5. The van der Waals surface area contributed by atoms with E-state index in [1.54, 1.807) is 25.1 Å². The SMILES string of the molecule is CC(O)(CNC(=O)C(=O)NCCC1=CCCCC1)c1ccc2c(c1)OCO2. The van der Waals surface area contributed by atoms with Crippen LogP contribution in [0.3, 0.4) is 0 Å². The Balaban J connectivity index is 1.45. The molecule has 1 aromatic carbocycles. The summed E-state index contributed by atoms with van der Waals surface area (Å²) < 4.78 is 10.5. The highest BCUT2D eigenvalue weighted by Gasteiger charge is 2.27. The van der Waals surface area contributed by atoms with Gasteiger partial charge in [-0.15, -0.1) is 0 Å². The summed E-state index contributed by atoms with van der Waals surface area (Å²) in [6.07, 6.45) is 7.57. The van der Waals surface area contributed by atoms with Crippen molar-refractivity contribution in [1.82, 2.24) is 10.6 Å². The molecule has 2 amide bonds. The summed E-state index contributed by atoms with van der Waals surface area (Å²) in [6.45, 7) is 2.06. The Morgan fingerprint density at radius 1 is 1.15 bits per heavy atom. The topological polar surface area (TPSA) is 96.9 Å². The fourth-order valence-electron chi connectivity index (χ4n) is 3.21. The van der Waals surface area contributed by atoms with E-state index in [4.69, 9.17) is 9.47 Å². The van der Waals surface area contributed by atoms with Crippen LogP contribution in [0.1, 0.15) is 44.6 Å². The summed E-state index contributed by atoms with van der Waals surface area (Å²) >= 11 is 0. The fraction of sp³-hybridized carbons (Fsp3) is 0.500. The largest absolute Gasteiger partial charge is 0.454 e. The fourth-order valence-corrected chi connectivity index (χ4v) is 3.21. The number of aliphatic hydroxyl groups is 1. The van der Waals surface area contributed by atoms with Gasteiger partial charge in [0.15, 0.2) is 11.5 Å². The molecule has 0 bridgehead atoms. The Hall–Kier alpha value is -2.54. The van der Waals surface area contributed by atoms with Crippen LogP contribution in [0.15, 0.2) is 29.8 Å². The first-order valence-corrected chi connectivity index (χ1v) is 9.32. The van der Waals surface area contributed by atoms with E-state index in [0.717, 1.165) is 19.3 Å². The van der Waals surface area contributed by atoms with Crippen molar-refractivity contribution in [1.29, 1.82) is 0 Å². The Labute approximate surface area is 158 Å². The van der Waals surface area contributed by atoms with Crippen molar-refractivity contribution in [3.63, 3.8) is 0 Å². The zero-order valence-corrected chi connectivity index (χ0v) is 15.5. The van der Waals surface area contributed by atoms with E-state index in [2.05, 4.69) is 16.7 Å². The maximum Gasteiger partial charge on any atom is 0.309 e. The van der Waals surface area contributed by atoms with E-state index in [-0.39, 0.29) is 13.3 Å². The molecule has 0 spiro atoms. The van der Waals surface area contributed by atoms with Crippen LogP contribution in [0, 0.1) is 0 Å². The molecule has 7 nitrogen and oxygen atoms in total. The Morgan fingerprint density at radius 3 is 2.70 bits per heavy atom. The van der Waals surface area contributed by atoms with E-state index in [0.29, 0.717) is 23.6 Å². The number of nitrogens with one attached hydrogen (secondary N) is 2. The standard InChI is InChI=1S/C20H26N2O5/c1-20(25,15-7-8-16-17(11-15)27-13-26-16)12-22-19(24)18(23)21-10-9-14-5-3-2-4-6-14/h5,7-8,11,25H,2-4,6,9-10,12-13H2,1H3,(H,21,23)(H,22,24). The van der Waals surface area contributed by atoms with Crippen molar-refractivity contribution < 1.29 is 24.2 Å². The molecule has 3 rings (SSSR count).